The van der Waals surface area contributed by atoms with E-state index < -0.39 is 5.91 Å². The number of hydrogen-bond donors (Lipinski definition) is 1. The summed E-state index contributed by atoms with van der Waals surface area (Å²) in [5, 5.41) is 3.00. The first kappa shape index (κ1) is 13.3. The molecule has 1 amide bonds. The zero-order chi connectivity index (χ0) is 13.1. The normalized spacial score (nSPS) is 10.2. The highest BCUT2D eigenvalue weighted by atomic mass is 79.9. The smallest absolute Gasteiger partial charge is 0.258 e. The summed E-state index contributed by atoms with van der Waals surface area (Å²) in [5.74, 6) is -0.205. The third-order valence-electron chi connectivity index (χ3n) is 2.08. The van der Waals surface area contributed by atoms with E-state index in [0.717, 1.165) is 0 Å². The van der Waals surface area contributed by atoms with Crippen LogP contribution in [0.15, 0.2) is 35.1 Å². The van der Waals surface area contributed by atoms with E-state index in [1.807, 2.05) is 0 Å². The Morgan fingerprint density at radius 1 is 1.22 bits per heavy atom. The molecule has 1 heterocycles. The summed E-state index contributed by atoms with van der Waals surface area (Å²) in [7, 11) is 0. The van der Waals surface area contributed by atoms with Gasteiger partial charge in [-0.25, -0.2) is 9.97 Å². The number of halogens is 3. The standard InChI is InChI=1S/C11H6BrCl2N3O/c12-7-3-1-2-6(8(7)13)11(18)17-10-9(14)15-4-5-16-10/h1-5H,(H,16,17,18). The van der Waals surface area contributed by atoms with Crippen LogP contribution in [-0.4, -0.2) is 15.9 Å². The van der Waals surface area contributed by atoms with E-state index in [2.05, 4.69) is 31.2 Å². The van der Waals surface area contributed by atoms with Crippen molar-refractivity contribution in [2.45, 2.75) is 0 Å². The largest absolute Gasteiger partial charge is 0.304 e. The molecule has 0 spiro atoms. The quantitative estimate of drug-likeness (QED) is 0.899. The Morgan fingerprint density at radius 2 is 1.94 bits per heavy atom. The van der Waals surface area contributed by atoms with Gasteiger partial charge in [0.15, 0.2) is 11.0 Å². The Morgan fingerprint density at radius 3 is 2.67 bits per heavy atom. The summed E-state index contributed by atoms with van der Waals surface area (Å²) in [6, 6.07) is 5.06. The molecule has 0 aliphatic heterocycles. The number of rotatable bonds is 2. The monoisotopic (exact) mass is 345 g/mol. The first-order chi connectivity index (χ1) is 8.59. The van der Waals surface area contributed by atoms with Gasteiger partial charge in [-0.1, -0.05) is 29.3 Å². The molecule has 1 N–H and O–H groups in total. The van der Waals surface area contributed by atoms with E-state index in [0.29, 0.717) is 15.1 Å². The second kappa shape index (κ2) is 5.65. The van der Waals surface area contributed by atoms with Gasteiger partial charge in [0.1, 0.15) is 0 Å². The number of nitrogens with zero attached hydrogens (tertiary/aromatic N) is 2. The van der Waals surface area contributed by atoms with Gasteiger partial charge in [-0.2, -0.15) is 0 Å². The molecule has 0 saturated heterocycles. The van der Waals surface area contributed by atoms with Crippen LogP contribution in [0.3, 0.4) is 0 Å². The van der Waals surface area contributed by atoms with Crippen molar-refractivity contribution in [1.82, 2.24) is 9.97 Å². The van der Waals surface area contributed by atoms with Gasteiger partial charge in [0.05, 0.1) is 10.6 Å². The lowest BCUT2D eigenvalue weighted by Crippen LogP contribution is -2.14. The minimum atomic E-state index is -0.399. The lowest BCUT2D eigenvalue weighted by Gasteiger charge is -2.07. The maximum absolute atomic E-state index is 12.0. The van der Waals surface area contributed by atoms with Crippen LogP contribution in [-0.2, 0) is 0 Å². The van der Waals surface area contributed by atoms with E-state index in [-0.39, 0.29) is 11.0 Å². The van der Waals surface area contributed by atoms with Crippen LogP contribution in [0.5, 0.6) is 0 Å². The van der Waals surface area contributed by atoms with Crippen molar-refractivity contribution >= 4 is 50.9 Å². The molecule has 0 aliphatic rings. The third kappa shape index (κ3) is 2.80. The van der Waals surface area contributed by atoms with Gasteiger partial charge in [0.2, 0.25) is 0 Å². The third-order valence-corrected chi connectivity index (χ3v) is 3.65. The fraction of sp³-hybridized carbons (Fsp3) is 0. The van der Waals surface area contributed by atoms with Gasteiger partial charge >= 0.3 is 0 Å². The molecule has 1 aromatic heterocycles. The summed E-state index contributed by atoms with van der Waals surface area (Å²) in [5.41, 5.74) is 0.327. The molecule has 0 unspecified atom stereocenters. The van der Waals surface area contributed by atoms with Gasteiger partial charge in [0.25, 0.3) is 5.91 Å². The molecular weight excluding hydrogens is 341 g/mol. The molecule has 0 atom stereocenters. The lowest BCUT2D eigenvalue weighted by molar-refractivity contribution is 0.102. The molecule has 0 saturated carbocycles. The topological polar surface area (TPSA) is 54.9 Å². The fourth-order valence-corrected chi connectivity index (χ4v) is 1.99. The van der Waals surface area contributed by atoms with E-state index >= 15 is 0 Å². The Kier molecular flexibility index (Phi) is 4.16. The summed E-state index contributed by atoms with van der Waals surface area (Å²) >= 11 is 15.1. The summed E-state index contributed by atoms with van der Waals surface area (Å²) in [4.78, 5) is 19.7. The predicted octanol–water partition coefficient (Wildman–Crippen LogP) is 3.80. The maximum atomic E-state index is 12.0. The summed E-state index contributed by atoms with van der Waals surface area (Å²) in [6.07, 6.45) is 2.87. The molecule has 18 heavy (non-hydrogen) atoms. The molecule has 4 nitrogen and oxygen atoms in total. The number of hydrogen-bond acceptors (Lipinski definition) is 3. The van der Waals surface area contributed by atoms with Crippen LogP contribution in [0.25, 0.3) is 0 Å². The maximum Gasteiger partial charge on any atom is 0.258 e. The molecule has 2 aromatic rings. The first-order valence-electron chi connectivity index (χ1n) is 4.81. The molecule has 0 bridgehead atoms. The number of benzene rings is 1. The molecule has 7 heteroatoms. The van der Waals surface area contributed by atoms with Crippen molar-refractivity contribution in [2.24, 2.45) is 0 Å². The highest BCUT2D eigenvalue weighted by Gasteiger charge is 2.14. The summed E-state index contributed by atoms with van der Waals surface area (Å²) < 4.78 is 0.641. The second-order valence-corrected chi connectivity index (χ2v) is 4.84. The number of anilines is 1. The van der Waals surface area contributed by atoms with E-state index in [4.69, 9.17) is 23.2 Å². The van der Waals surface area contributed by atoms with Gasteiger partial charge in [-0.15, -0.1) is 0 Å². The zero-order valence-electron chi connectivity index (χ0n) is 8.82. The van der Waals surface area contributed by atoms with E-state index in [1.165, 1.54) is 12.4 Å². The molecule has 2 rings (SSSR count). The number of aromatic nitrogens is 2. The molecular formula is C11H6BrCl2N3O. The predicted molar refractivity (Wildman–Crippen MR) is 74.1 cm³/mol. The highest BCUT2D eigenvalue weighted by molar-refractivity contribution is 9.10. The second-order valence-electron chi connectivity index (χ2n) is 3.25. The molecule has 0 fully saturated rings. The number of carbonyl (C=O) groups is 1. The zero-order valence-corrected chi connectivity index (χ0v) is 11.9. The average Bonchev–Trinajstić information content (AvgIpc) is 2.35. The Bertz CT molecular complexity index is 607. The minimum absolute atomic E-state index is 0.122. The van der Waals surface area contributed by atoms with Gasteiger partial charge in [0, 0.05) is 16.9 Å². The van der Waals surface area contributed by atoms with Crippen LogP contribution in [0.2, 0.25) is 10.2 Å². The molecule has 0 radical (unpaired) electrons. The fourth-order valence-electron chi connectivity index (χ4n) is 1.26. The van der Waals surface area contributed by atoms with Crippen molar-refractivity contribution in [3.05, 3.63) is 50.8 Å². The van der Waals surface area contributed by atoms with E-state index in [9.17, 15) is 4.79 Å². The van der Waals surface area contributed by atoms with Gasteiger partial charge in [-0.3, -0.25) is 4.79 Å². The molecule has 1 aromatic carbocycles. The number of carbonyl (C=O) groups excluding carboxylic acids is 1. The van der Waals surface area contributed by atoms with Crippen molar-refractivity contribution < 1.29 is 4.79 Å². The Hall–Kier alpha value is -1.17. The highest BCUT2D eigenvalue weighted by Crippen LogP contribution is 2.27. The van der Waals surface area contributed by atoms with E-state index in [1.54, 1.807) is 18.2 Å². The molecule has 92 valence electrons. The van der Waals surface area contributed by atoms with Crippen LogP contribution < -0.4 is 5.32 Å². The van der Waals surface area contributed by atoms with Crippen LogP contribution in [0.4, 0.5) is 5.82 Å². The van der Waals surface area contributed by atoms with Crippen LogP contribution in [0, 0.1) is 0 Å². The van der Waals surface area contributed by atoms with Gasteiger partial charge in [-0.05, 0) is 28.1 Å². The first-order valence-corrected chi connectivity index (χ1v) is 6.36. The van der Waals surface area contributed by atoms with Gasteiger partial charge < -0.3 is 5.32 Å². The van der Waals surface area contributed by atoms with Crippen LogP contribution in [0.1, 0.15) is 10.4 Å². The number of amides is 1. The van der Waals surface area contributed by atoms with Crippen LogP contribution >= 0.6 is 39.1 Å². The SMILES string of the molecule is O=C(Nc1nccnc1Cl)c1cccc(Br)c1Cl. The number of nitrogens with one attached hydrogen (secondary N) is 1. The van der Waals surface area contributed by atoms with Crippen molar-refractivity contribution in [2.75, 3.05) is 5.32 Å². The summed E-state index contributed by atoms with van der Waals surface area (Å²) in [6.45, 7) is 0. The Labute approximate surface area is 121 Å². The van der Waals surface area contributed by atoms with Crippen molar-refractivity contribution in [3.63, 3.8) is 0 Å². The average molecular weight is 347 g/mol. The van der Waals surface area contributed by atoms with Crippen molar-refractivity contribution in [1.29, 1.82) is 0 Å². The Balaban J connectivity index is 2.28. The molecule has 0 aliphatic carbocycles. The van der Waals surface area contributed by atoms with Crippen molar-refractivity contribution in [3.8, 4) is 0 Å². The minimum Gasteiger partial charge on any atom is -0.304 e. The lowest BCUT2D eigenvalue weighted by atomic mass is 10.2.